The molecule has 0 bridgehead atoms. The van der Waals surface area contributed by atoms with Crippen molar-refractivity contribution in [3.8, 4) is 0 Å². The lowest BCUT2D eigenvalue weighted by Crippen LogP contribution is -2.17. The molecule has 0 aliphatic heterocycles. The Morgan fingerprint density at radius 3 is 2.53 bits per heavy atom. The standard InChI is InChI=1S/C11H15Br2NO2S/c1-17(15,16)6-2-5-14-8-9-3-4-10(12)11(13)7-9/h3-4,7,14H,2,5-6,8H2,1H3. The Bertz CT molecular complexity index is 474. The predicted molar refractivity (Wildman–Crippen MR) is 77.9 cm³/mol. The Morgan fingerprint density at radius 1 is 1.24 bits per heavy atom. The normalized spacial score (nSPS) is 11.7. The molecule has 0 aliphatic rings. The average Bonchev–Trinajstić information content (AvgIpc) is 2.21. The lowest BCUT2D eigenvalue weighted by Gasteiger charge is -2.05. The molecule has 0 aromatic heterocycles. The molecule has 0 amide bonds. The van der Waals surface area contributed by atoms with E-state index in [0.29, 0.717) is 13.0 Å². The van der Waals surface area contributed by atoms with Crippen LogP contribution in [0, 0.1) is 0 Å². The molecule has 6 heteroatoms. The number of rotatable bonds is 6. The largest absolute Gasteiger partial charge is 0.313 e. The van der Waals surface area contributed by atoms with Crippen LogP contribution in [0.5, 0.6) is 0 Å². The minimum Gasteiger partial charge on any atom is -0.313 e. The fraction of sp³-hybridized carbons (Fsp3) is 0.455. The zero-order chi connectivity index (χ0) is 12.9. The Hall–Kier alpha value is 0.0900. The highest BCUT2D eigenvalue weighted by atomic mass is 79.9. The molecule has 1 aromatic rings. The van der Waals surface area contributed by atoms with Gasteiger partial charge in [-0.2, -0.15) is 0 Å². The first-order valence-corrected chi connectivity index (χ1v) is 8.85. The Labute approximate surface area is 119 Å². The van der Waals surface area contributed by atoms with E-state index in [1.165, 1.54) is 11.8 Å². The highest BCUT2D eigenvalue weighted by molar-refractivity contribution is 9.13. The summed E-state index contributed by atoms with van der Waals surface area (Å²) >= 11 is 6.85. The summed E-state index contributed by atoms with van der Waals surface area (Å²) in [5.41, 5.74) is 1.17. The molecule has 3 nitrogen and oxygen atoms in total. The van der Waals surface area contributed by atoms with Gasteiger partial charge in [-0.25, -0.2) is 8.42 Å². The van der Waals surface area contributed by atoms with Crippen molar-refractivity contribution < 1.29 is 8.42 Å². The first-order chi connectivity index (χ1) is 7.88. The topological polar surface area (TPSA) is 46.2 Å². The van der Waals surface area contributed by atoms with Crippen LogP contribution in [0.15, 0.2) is 27.1 Å². The van der Waals surface area contributed by atoms with Crippen LogP contribution in [0.2, 0.25) is 0 Å². The van der Waals surface area contributed by atoms with Crippen LogP contribution in [0.3, 0.4) is 0 Å². The summed E-state index contributed by atoms with van der Waals surface area (Å²) in [5, 5.41) is 3.22. The second-order valence-electron chi connectivity index (χ2n) is 3.91. The molecule has 0 radical (unpaired) electrons. The summed E-state index contributed by atoms with van der Waals surface area (Å²) in [6.07, 6.45) is 1.91. The van der Waals surface area contributed by atoms with E-state index in [-0.39, 0.29) is 5.75 Å². The van der Waals surface area contributed by atoms with E-state index in [4.69, 9.17) is 0 Å². The summed E-state index contributed by atoms with van der Waals surface area (Å²) < 4.78 is 23.9. The third-order valence-electron chi connectivity index (χ3n) is 2.18. The van der Waals surface area contributed by atoms with Crippen molar-refractivity contribution in [1.29, 1.82) is 0 Å². The number of nitrogens with one attached hydrogen (secondary N) is 1. The predicted octanol–water partition coefficient (Wildman–Crippen LogP) is 2.74. The van der Waals surface area contributed by atoms with Gasteiger partial charge in [0, 0.05) is 21.7 Å². The summed E-state index contributed by atoms with van der Waals surface area (Å²) in [6, 6.07) is 6.05. The Balaban J connectivity index is 2.29. The van der Waals surface area contributed by atoms with Crippen LogP contribution >= 0.6 is 31.9 Å². The fourth-order valence-corrected chi connectivity index (χ4v) is 2.68. The first kappa shape index (κ1) is 15.1. The molecular formula is C11H15Br2NO2S. The molecule has 0 atom stereocenters. The molecule has 0 saturated carbocycles. The Morgan fingerprint density at radius 2 is 1.94 bits per heavy atom. The van der Waals surface area contributed by atoms with Gasteiger partial charge in [-0.1, -0.05) is 6.07 Å². The second kappa shape index (κ2) is 6.87. The molecule has 0 spiro atoms. The van der Waals surface area contributed by atoms with Gasteiger partial charge in [0.15, 0.2) is 0 Å². The zero-order valence-electron chi connectivity index (χ0n) is 9.54. The average molecular weight is 385 g/mol. The lowest BCUT2D eigenvalue weighted by atomic mass is 10.2. The molecule has 1 rings (SSSR count). The van der Waals surface area contributed by atoms with Gasteiger partial charge in [0.2, 0.25) is 0 Å². The van der Waals surface area contributed by atoms with E-state index in [1.807, 2.05) is 18.2 Å². The minimum atomic E-state index is -2.84. The van der Waals surface area contributed by atoms with Crippen molar-refractivity contribution in [2.75, 3.05) is 18.6 Å². The highest BCUT2D eigenvalue weighted by Gasteiger charge is 2.01. The minimum absolute atomic E-state index is 0.240. The van der Waals surface area contributed by atoms with Gasteiger partial charge in [-0.15, -0.1) is 0 Å². The summed E-state index contributed by atoms with van der Waals surface area (Å²) in [5.74, 6) is 0.240. The van der Waals surface area contributed by atoms with Crippen molar-refractivity contribution in [1.82, 2.24) is 5.32 Å². The molecule has 0 unspecified atom stereocenters. The van der Waals surface area contributed by atoms with Crippen molar-refractivity contribution in [3.05, 3.63) is 32.7 Å². The summed E-state index contributed by atoms with van der Waals surface area (Å²) in [4.78, 5) is 0. The number of benzene rings is 1. The van der Waals surface area contributed by atoms with Crippen molar-refractivity contribution in [3.63, 3.8) is 0 Å². The van der Waals surface area contributed by atoms with E-state index >= 15 is 0 Å². The quantitative estimate of drug-likeness (QED) is 0.767. The maximum atomic E-state index is 10.9. The molecule has 96 valence electrons. The molecule has 0 aliphatic carbocycles. The van der Waals surface area contributed by atoms with Crippen LogP contribution in [0.4, 0.5) is 0 Å². The highest BCUT2D eigenvalue weighted by Crippen LogP contribution is 2.23. The van der Waals surface area contributed by atoms with Gasteiger partial charge >= 0.3 is 0 Å². The fourth-order valence-electron chi connectivity index (χ4n) is 1.34. The van der Waals surface area contributed by atoms with Gasteiger partial charge in [0.05, 0.1) is 5.75 Å². The van der Waals surface area contributed by atoms with Crippen LogP contribution in [-0.2, 0) is 16.4 Å². The lowest BCUT2D eigenvalue weighted by molar-refractivity contribution is 0.594. The monoisotopic (exact) mass is 383 g/mol. The van der Waals surface area contributed by atoms with E-state index in [2.05, 4.69) is 37.2 Å². The SMILES string of the molecule is CS(=O)(=O)CCCNCc1ccc(Br)c(Br)c1. The van der Waals surface area contributed by atoms with Crippen molar-refractivity contribution in [2.45, 2.75) is 13.0 Å². The van der Waals surface area contributed by atoms with E-state index in [0.717, 1.165) is 15.5 Å². The van der Waals surface area contributed by atoms with Crippen molar-refractivity contribution in [2.24, 2.45) is 0 Å². The molecule has 0 saturated heterocycles. The zero-order valence-corrected chi connectivity index (χ0v) is 13.5. The number of halogens is 2. The van der Waals surface area contributed by atoms with Gasteiger partial charge in [0.25, 0.3) is 0 Å². The number of sulfone groups is 1. The molecule has 0 fully saturated rings. The summed E-state index contributed by atoms with van der Waals surface area (Å²) in [6.45, 7) is 1.45. The van der Waals surface area contributed by atoms with Crippen molar-refractivity contribution >= 4 is 41.7 Å². The molecule has 1 aromatic carbocycles. The maximum Gasteiger partial charge on any atom is 0.147 e. The van der Waals surface area contributed by atoms with Crippen LogP contribution in [-0.4, -0.2) is 27.0 Å². The van der Waals surface area contributed by atoms with Crippen LogP contribution in [0.1, 0.15) is 12.0 Å². The van der Waals surface area contributed by atoms with Gasteiger partial charge in [0.1, 0.15) is 9.84 Å². The molecular weight excluding hydrogens is 370 g/mol. The maximum absolute atomic E-state index is 10.9. The van der Waals surface area contributed by atoms with E-state index in [9.17, 15) is 8.42 Å². The Kier molecular flexibility index (Phi) is 6.12. The van der Waals surface area contributed by atoms with E-state index < -0.39 is 9.84 Å². The molecule has 17 heavy (non-hydrogen) atoms. The number of hydrogen-bond donors (Lipinski definition) is 1. The van der Waals surface area contributed by atoms with Gasteiger partial charge in [-0.05, 0) is 62.5 Å². The molecule has 1 N–H and O–H groups in total. The molecule has 0 heterocycles. The first-order valence-electron chi connectivity index (χ1n) is 5.21. The third kappa shape index (κ3) is 6.55. The van der Waals surface area contributed by atoms with Crippen LogP contribution < -0.4 is 5.32 Å². The second-order valence-corrected chi connectivity index (χ2v) is 7.88. The third-order valence-corrected chi connectivity index (χ3v) is 5.09. The summed E-state index contributed by atoms with van der Waals surface area (Å²) in [7, 11) is -2.84. The smallest absolute Gasteiger partial charge is 0.147 e. The van der Waals surface area contributed by atoms with Gasteiger partial charge in [-0.3, -0.25) is 0 Å². The van der Waals surface area contributed by atoms with Crippen LogP contribution in [0.25, 0.3) is 0 Å². The number of hydrogen-bond acceptors (Lipinski definition) is 3. The van der Waals surface area contributed by atoms with E-state index in [1.54, 1.807) is 0 Å². The van der Waals surface area contributed by atoms with Gasteiger partial charge < -0.3 is 5.32 Å².